The van der Waals surface area contributed by atoms with E-state index in [1.807, 2.05) is 39.0 Å². The van der Waals surface area contributed by atoms with E-state index in [4.69, 9.17) is 4.74 Å². The molecule has 1 aromatic carbocycles. The molecular weight excluding hydrogens is 304 g/mol. The normalized spacial score (nSPS) is 21.3. The number of carbonyl (C=O) groups excluding carboxylic acids is 1. The molecule has 0 bridgehead atoms. The monoisotopic (exact) mass is 334 g/mol. The third kappa shape index (κ3) is 6.89. The van der Waals surface area contributed by atoms with Crippen LogP contribution in [-0.2, 0) is 17.9 Å². The second-order valence-electron chi connectivity index (χ2n) is 7.55. The van der Waals surface area contributed by atoms with Crippen molar-refractivity contribution >= 4 is 6.03 Å². The summed E-state index contributed by atoms with van der Waals surface area (Å²) in [5, 5.41) is 15.4. The van der Waals surface area contributed by atoms with Gasteiger partial charge in [0.1, 0.15) is 0 Å². The zero-order valence-corrected chi connectivity index (χ0v) is 15.0. The van der Waals surface area contributed by atoms with E-state index in [1.54, 1.807) is 0 Å². The molecule has 5 nitrogen and oxygen atoms in total. The molecule has 1 aliphatic rings. The molecule has 0 spiro atoms. The van der Waals surface area contributed by atoms with Gasteiger partial charge >= 0.3 is 6.03 Å². The zero-order chi connectivity index (χ0) is 17.6. The first-order valence-corrected chi connectivity index (χ1v) is 8.76. The highest BCUT2D eigenvalue weighted by atomic mass is 16.5. The molecule has 0 radical (unpaired) electrons. The first kappa shape index (κ1) is 18.7. The van der Waals surface area contributed by atoms with Crippen molar-refractivity contribution in [2.24, 2.45) is 0 Å². The number of hydrogen-bond donors (Lipinski definition) is 3. The maximum Gasteiger partial charge on any atom is 0.315 e. The summed E-state index contributed by atoms with van der Waals surface area (Å²) in [6, 6.07) is 8.09. The number of hydrogen-bond acceptors (Lipinski definition) is 3. The van der Waals surface area contributed by atoms with E-state index in [-0.39, 0.29) is 23.8 Å². The molecule has 1 aliphatic carbocycles. The lowest BCUT2D eigenvalue weighted by Crippen LogP contribution is -2.43. The summed E-state index contributed by atoms with van der Waals surface area (Å²) in [5.41, 5.74) is 1.99. The Morgan fingerprint density at radius 2 is 1.88 bits per heavy atom. The summed E-state index contributed by atoms with van der Waals surface area (Å²) < 4.78 is 5.79. The van der Waals surface area contributed by atoms with Crippen molar-refractivity contribution in [2.45, 2.75) is 77.4 Å². The maximum atomic E-state index is 12.0. The molecule has 1 fully saturated rings. The van der Waals surface area contributed by atoms with Crippen molar-refractivity contribution in [3.05, 3.63) is 35.4 Å². The van der Waals surface area contributed by atoms with Gasteiger partial charge in [0, 0.05) is 12.6 Å². The Bertz CT molecular complexity index is 532. The molecule has 3 N–H and O–H groups in total. The minimum absolute atomic E-state index is 0.146. The second kappa shape index (κ2) is 8.49. The minimum Gasteiger partial charge on any atom is -0.393 e. The van der Waals surface area contributed by atoms with Crippen molar-refractivity contribution < 1.29 is 14.6 Å². The van der Waals surface area contributed by atoms with Crippen molar-refractivity contribution in [1.82, 2.24) is 10.6 Å². The maximum absolute atomic E-state index is 12.0. The molecule has 134 valence electrons. The first-order chi connectivity index (χ1) is 11.3. The van der Waals surface area contributed by atoms with Crippen molar-refractivity contribution in [3.63, 3.8) is 0 Å². The van der Waals surface area contributed by atoms with Crippen LogP contribution in [0.25, 0.3) is 0 Å². The van der Waals surface area contributed by atoms with E-state index in [0.717, 1.165) is 36.8 Å². The number of aliphatic hydroxyl groups is 1. The van der Waals surface area contributed by atoms with E-state index < -0.39 is 0 Å². The van der Waals surface area contributed by atoms with Crippen molar-refractivity contribution in [2.75, 3.05) is 0 Å². The summed E-state index contributed by atoms with van der Waals surface area (Å²) in [6.45, 7) is 7.16. The largest absolute Gasteiger partial charge is 0.393 e. The summed E-state index contributed by atoms with van der Waals surface area (Å²) >= 11 is 0. The van der Waals surface area contributed by atoms with Crippen LogP contribution in [0.4, 0.5) is 4.79 Å². The molecule has 2 amide bonds. The van der Waals surface area contributed by atoms with Crippen LogP contribution < -0.4 is 10.6 Å². The standard InChI is InChI=1S/C19H30N2O3/c1-19(2,3)24-13-15-6-4-5-14(11-15)12-20-18(23)21-16-7-9-17(22)10-8-16/h4-6,11,16-17,22H,7-10,12-13H2,1-3H3,(H2,20,21,23). The predicted octanol–water partition coefficient (Wildman–Crippen LogP) is 3.10. The number of urea groups is 1. The number of amides is 2. The topological polar surface area (TPSA) is 70.6 Å². The Labute approximate surface area is 144 Å². The molecule has 0 heterocycles. The van der Waals surface area contributed by atoms with Gasteiger partial charge in [0.15, 0.2) is 0 Å². The quantitative estimate of drug-likeness (QED) is 0.775. The van der Waals surface area contributed by atoms with Crippen LogP contribution in [0.2, 0.25) is 0 Å². The van der Waals surface area contributed by atoms with Crippen LogP contribution in [0.15, 0.2) is 24.3 Å². The molecule has 0 unspecified atom stereocenters. The molecule has 1 saturated carbocycles. The summed E-state index contributed by atoms with van der Waals surface area (Å²) in [5.74, 6) is 0. The fraction of sp³-hybridized carbons (Fsp3) is 0.632. The Kier molecular flexibility index (Phi) is 6.63. The number of carbonyl (C=O) groups is 1. The van der Waals surface area contributed by atoms with E-state index >= 15 is 0 Å². The summed E-state index contributed by atoms with van der Waals surface area (Å²) in [4.78, 5) is 12.0. The van der Waals surface area contributed by atoms with E-state index in [1.165, 1.54) is 0 Å². The van der Waals surface area contributed by atoms with Gasteiger partial charge in [0.05, 0.1) is 18.3 Å². The van der Waals surface area contributed by atoms with Crippen LogP contribution in [0.1, 0.15) is 57.6 Å². The molecule has 0 aliphatic heterocycles. The molecule has 0 aromatic heterocycles. The fourth-order valence-electron chi connectivity index (χ4n) is 2.77. The SMILES string of the molecule is CC(C)(C)OCc1cccc(CNC(=O)NC2CCC(O)CC2)c1. The van der Waals surface area contributed by atoms with Gasteiger partial charge < -0.3 is 20.5 Å². The number of rotatable bonds is 5. The van der Waals surface area contributed by atoms with Gasteiger partial charge in [-0.2, -0.15) is 0 Å². The van der Waals surface area contributed by atoms with Gasteiger partial charge in [-0.3, -0.25) is 0 Å². The second-order valence-corrected chi connectivity index (χ2v) is 7.55. The Balaban J connectivity index is 1.76. The smallest absolute Gasteiger partial charge is 0.315 e. The zero-order valence-electron chi connectivity index (χ0n) is 15.0. The Morgan fingerprint density at radius 1 is 1.21 bits per heavy atom. The lowest BCUT2D eigenvalue weighted by Gasteiger charge is -2.26. The van der Waals surface area contributed by atoms with E-state index in [0.29, 0.717) is 13.2 Å². The third-order valence-electron chi connectivity index (χ3n) is 4.15. The van der Waals surface area contributed by atoms with Crippen LogP contribution in [0.3, 0.4) is 0 Å². The number of ether oxygens (including phenoxy) is 1. The molecule has 5 heteroatoms. The lowest BCUT2D eigenvalue weighted by molar-refractivity contribution is -0.0149. The number of aliphatic hydroxyl groups excluding tert-OH is 1. The Hall–Kier alpha value is -1.59. The van der Waals surface area contributed by atoms with Gasteiger partial charge in [0.2, 0.25) is 0 Å². The highest BCUT2D eigenvalue weighted by Crippen LogP contribution is 2.18. The van der Waals surface area contributed by atoms with Crippen LogP contribution in [-0.4, -0.2) is 28.9 Å². The fourth-order valence-corrected chi connectivity index (χ4v) is 2.77. The average Bonchev–Trinajstić information content (AvgIpc) is 2.53. The molecule has 2 rings (SSSR count). The van der Waals surface area contributed by atoms with Crippen LogP contribution in [0, 0.1) is 0 Å². The van der Waals surface area contributed by atoms with Gasteiger partial charge in [0.25, 0.3) is 0 Å². The third-order valence-corrected chi connectivity index (χ3v) is 4.15. The molecule has 24 heavy (non-hydrogen) atoms. The summed E-state index contributed by atoms with van der Waals surface area (Å²) in [7, 11) is 0. The van der Waals surface area contributed by atoms with Crippen molar-refractivity contribution in [3.8, 4) is 0 Å². The Morgan fingerprint density at radius 3 is 2.54 bits per heavy atom. The van der Waals surface area contributed by atoms with Gasteiger partial charge in [-0.05, 0) is 57.6 Å². The molecule has 1 aromatic rings. The highest BCUT2D eigenvalue weighted by Gasteiger charge is 2.20. The van der Waals surface area contributed by atoms with Crippen LogP contribution in [0.5, 0.6) is 0 Å². The minimum atomic E-state index is -0.204. The molecule has 0 saturated heterocycles. The predicted molar refractivity (Wildman–Crippen MR) is 94.6 cm³/mol. The summed E-state index contributed by atoms with van der Waals surface area (Å²) in [6.07, 6.45) is 3.01. The van der Waals surface area contributed by atoms with Gasteiger partial charge in [-0.25, -0.2) is 4.79 Å². The number of nitrogens with one attached hydrogen (secondary N) is 2. The van der Waals surface area contributed by atoms with E-state index in [9.17, 15) is 9.90 Å². The highest BCUT2D eigenvalue weighted by molar-refractivity contribution is 5.74. The lowest BCUT2D eigenvalue weighted by atomic mass is 9.93. The van der Waals surface area contributed by atoms with Crippen molar-refractivity contribution in [1.29, 1.82) is 0 Å². The van der Waals surface area contributed by atoms with Gasteiger partial charge in [-0.15, -0.1) is 0 Å². The van der Waals surface area contributed by atoms with Gasteiger partial charge in [-0.1, -0.05) is 24.3 Å². The molecular formula is C19H30N2O3. The number of benzene rings is 1. The van der Waals surface area contributed by atoms with E-state index in [2.05, 4.69) is 16.7 Å². The van der Waals surface area contributed by atoms with Crippen LogP contribution >= 0.6 is 0 Å². The average molecular weight is 334 g/mol. The first-order valence-electron chi connectivity index (χ1n) is 8.76. The molecule has 0 atom stereocenters.